The summed E-state index contributed by atoms with van der Waals surface area (Å²) in [7, 11) is 0. The molecule has 0 fully saturated rings. The van der Waals surface area contributed by atoms with Gasteiger partial charge in [-0.05, 0) is 18.6 Å². The Morgan fingerprint density at radius 1 is 1.18 bits per heavy atom. The molecule has 0 aliphatic heterocycles. The summed E-state index contributed by atoms with van der Waals surface area (Å²) in [5, 5.41) is 0.732. The maximum absolute atomic E-state index is 6.09. The van der Waals surface area contributed by atoms with Gasteiger partial charge in [-0.25, -0.2) is 4.98 Å². The van der Waals surface area contributed by atoms with Crippen LogP contribution in [0.15, 0.2) is 18.2 Å². The standard InChI is InChI=1S/C14H19ClN2/c1-2-3-4-5-6-10-13-16-12-9-7-8-11(15)14(12)17-13/h7-9H,2-6,10H2,1H3,(H,16,17). The first kappa shape index (κ1) is 12.4. The van der Waals surface area contributed by atoms with Crippen LogP contribution in [0, 0.1) is 0 Å². The number of hydrogen-bond donors (Lipinski definition) is 1. The maximum atomic E-state index is 6.09. The Bertz CT molecular complexity index is 476. The molecule has 92 valence electrons. The lowest BCUT2D eigenvalue weighted by Crippen LogP contribution is -1.88. The molecule has 0 spiro atoms. The van der Waals surface area contributed by atoms with Gasteiger partial charge in [-0.3, -0.25) is 0 Å². The summed E-state index contributed by atoms with van der Waals surface area (Å²) in [5.41, 5.74) is 1.94. The molecular formula is C14H19ClN2. The van der Waals surface area contributed by atoms with E-state index in [-0.39, 0.29) is 0 Å². The van der Waals surface area contributed by atoms with Crippen molar-refractivity contribution in [2.75, 3.05) is 0 Å². The normalized spacial score (nSPS) is 11.2. The second-order valence-corrected chi connectivity index (χ2v) is 4.89. The first-order chi connectivity index (χ1) is 8.31. The Morgan fingerprint density at radius 3 is 2.76 bits per heavy atom. The van der Waals surface area contributed by atoms with Crippen molar-refractivity contribution in [1.29, 1.82) is 0 Å². The van der Waals surface area contributed by atoms with E-state index >= 15 is 0 Å². The van der Waals surface area contributed by atoms with Gasteiger partial charge >= 0.3 is 0 Å². The summed E-state index contributed by atoms with van der Waals surface area (Å²) in [6, 6.07) is 5.86. The topological polar surface area (TPSA) is 28.7 Å². The Hall–Kier alpha value is -1.02. The second kappa shape index (κ2) is 6.06. The molecule has 0 radical (unpaired) electrons. The van der Waals surface area contributed by atoms with Gasteiger partial charge in [-0.2, -0.15) is 0 Å². The van der Waals surface area contributed by atoms with Crippen LogP contribution < -0.4 is 0 Å². The predicted octanol–water partition coefficient (Wildman–Crippen LogP) is 4.73. The minimum absolute atomic E-state index is 0.732. The van der Waals surface area contributed by atoms with E-state index in [1.165, 1.54) is 32.1 Å². The molecule has 1 aromatic heterocycles. The SMILES string of the molecule is CCCCCCCc1nc2c(Cl)cccc2[nH]1. The number of hydrogen-bond acceptors (Lipinski definition) is 1. The average Bonchev–Trinajstić information content (AvgIpc) is 2.73. The van der Waals surface area contributed by atoms with Gasteiger partial charge in [0.15, 0.2) is 0 Å². The Labute approximate surface area is 107 Å². The monoisotopic (exact) mass is 250 g/mol. The number of para-hydroxylation sites is 1. The molecule has 0 aliphatic rings. The van der Waals surface area contributed by atoms with Crippen LogP contribution in [0.1, 0.15) is 44.9 Å². The van der Waals surface area contributed by atoms with E-state index < -0.39 is 0 Å². The predicted molar refractivity (Wildman–Crippen MR) is 73.6 cm³/mol. The maximum Gasteiger partial charge on any atom is 0.107 e. The van der Waals surface area contributed by atoms with E-state index in [2.05, 4.69) is 16.9 Å². The van der Waals surface area contributed by atoms with Crippen LogP contribution in [-0.4, -0.2) is 9.97 Å². The zero-order valence-electron chi connectivity index (χ0n) is 10.3. The van der Waals surface area contributed by atoms with E-state index in [9.17, 15) is 0 Å². The number of aromatic nitrogens is 2. The van der Waals surface area contributed by atoms with E-state index in [1.54, 1.807) is 0 Å². The number of nitrogens with one attached hydrogen (secondary N) is 1. The number of aromatic amines is 1. The van der Waals surface area contributed by atoms with Crippen molar-refractivity contribution < 1.29 is 0 Å². The molecule has 0 saturated heterocycles. The van der Waals surface area contributed by atoms with Gasteiger partial charge in [0.05, 0.1) is 10.5 Å². The molecule has 0 aliphatic carbocycles. The lowest BCUT2D eigenvalue weighted by atomic mass is 10.1. The van der Waals surface area contributed by atoms with Crippen molar-refractivity contribution in [3.05, 3.63) is 29.0 Å². The van der Waals surface area contributed by atoms with Gasteiger partial charge in [-0.15, -0.1) is 0 Å². The third kappa shape index (κ3) is 3.22. The van der Waals surface area contributed by atoms with Crippen molar-refractivity contribution in [2.24, 2.45) is 0 Å². The summed E-state index contributed by atoms with van der Waals surface area (Å²) >= 11 is 6.09. The molecule has 0 bridgehead atoms. The molecule has 0 unspecified atom stereocenters. The van der Waals surface area contributed by atoms with Crippen molar-refractivity contribution in [1.82, 2.24) is 9.97 Å². The van der Waals surface area contributed by atoms with Crippen LogP contribution in [0.5, 0.6) is 0 Å². The number of unbranched alkanes of at least 4 members (excludes halogenated alkanes) is 4. The van der Waals surface area contributed by atoms with Crippen molar-refractivity contribution >= 4 is 22.6 Å². The summed E-state index contributed by atoms with van der Waals surface area (Å²) in [6.07, 6.45) is 7.48. The van der Waals surface area contributed by atoms with Crippen LogP contribution in [0.25, 0.3) is 11.0 Å². The highest BCUT2D eigenvalue weighted by atomic mass is 35.5. The number of fused-ring (bicyclic) bond motifs is 1. The minimum Gasteiger partial charge on any atom is -0.342 e. The number of rotatable bonds is 6. The average molecular weight is 251 g/mol. The molecule has 0 amide bonds. The quantitative estimate of drug-likeness (QED) is 0.738. The number of nitrogens with zero attached hydrogens (tertiary/aromatic N) is 1. The van der Waals surface area contributed by atoms with Crippen LogP contribution in [0.2, 0.25) is 5.02 Å². The second-order valence-electron chi connectivity index (χ2n) is 4.48. The first-order valence-corrected chi connectivity index (χ1v) is 6.82. The van der Waals surface area contributed by atoms with Crippen LogP contribution in [0.3, 0.4) is 0 Å². The summed E-state index contributed by atoms with van der Waals surface area (Å²) in [5.74, 6) is 1.06. The molecule has 3 heteroatoms. The van der Waals surface area contributed by atoms with Gasteiger partial charge in [0.1, 0.15) is 11.3 Å². The number of halogens is 1. The third-order valence-electron chi connectivity index (χ3n) is 3.03. The molecule has 1 N–H and O–H groups in total. The summed E-state index contributed by atoms with van der Waals surface area (Å²) in [4.78, 5) is 7.87. The van der Waals surface area contributed by atoms with Crippen molar-refractivity contribution in [2.45, 2.75) is 45.4 Å². The molecule has 2 rings (SSSR count). The van der Waals surface area contributed by atoms with Crippen LogP contribution in [0.4, 0.5) is 0 Å². The molecule has 17 heavy (non-hydrogen) atoms. The Morgan fingerprint density at radius 2 is 2.00 bits per heavy atom. The molecule has 0 saturated carbocycles. The van der Waals surface area contributed by atoms with Gasteiger partial charge < -0.3 is 4.98 Å². The molecular weight excluding hydrogens is 232 g/mol. The van der Waals surface area contributed by atoms with E-state index in [0.717, 1.165) is 28.3 Å². The summed E-state index contributed by atoms with van der Waals surface area (Å²) < 4.78 is 0. The van der Waals surface area contributed by atoms with E-state index in [1.807, 2.05) is 18.2 Å². The summed E-state index contributed by atoms with van der Waals surface area (Å²) in [6.45, 7) is 2.24. The number of H-pyrrole nitrogens is 1. The highest BCUT2D eigenvalue weighted by Gasteiger charge is 2.05. The zero-order valence-corrected chi connectivity index (χ0v) is 11.1. The van der Waals surface area contributed by atoms with Gasteiger partial charge in [0, 0.05) is 6.42 Å². The first-order valence-electron chi connectivity index (χ1n) is 6.44. The van der Waals surface area contributed by atoms with Gasteiger partial charge in [0.25, 0.3) is 0 Å². The third-order valence-corrected chi connectivity index (χ3v) is 3.33. The number of benzene rings is 1. The molecule has 2 aromatic rings. The van der Waals surface area contributed by atoms with Crippen molar-refractivity contribution in [3.63, 3.8) is 0 Å². The van der Waals surface area contributed by atoms with E-state index in [0.29, 0.717) is 0 Å². The van der Waals surface area contributed by atoms with Crippen molar-refractivity contribution in [3.8, 4) is 0 Å². The highest BCUT2D eigenvalue weighted by molar-refractivity contribution is 6.34. The zero-order chi connectivity index (χ0) is 12.1. The van der Waals surface area contributed by atoms with Crippen LogP contribution in [-0.2, 0) is 6.42 Å². The lowest BCUT2D eigenvalue weighted by Gasteiger charge is -1.97. The molecule has 2 nitrogen and oxygen atoms in total. The Kier molecular flexibility index (Phi) is 4.43. The van der Waals surface area contributed by atoms with Gasteiger partial charge in [0.2, 0.25) is 0 Å². The minimum atomic E-state index is 0.732. The molecule has 0 atom stereocenters. The highest BCUT2D eigenvalue weighted by Crippen LogP contribution is 2.21. The fourth-order valence-corrected chi connectivity index (χ4v) is 2.28. The lowest BCUT2D eigenvalue weighted by molar-refractivity contribution is 0.625. The van der Waals surface area contributed by atoms with Crippen LogP contribution >= 0.6 is 11.6 Å². The Balaban J connectivity index is 1.93. The van der Waals surface area contributed by atoms with Gasteiger partial charge in [-0.1, -0.05) is 50.3 Å². The fraction of sp³-hybridized carbons (Fsp3) is 0.500. The number of imidazole rings is 1. The number of aryl methyl sites for hydroxylation is 1. The molecule has 1 heterocycles. The fourth-order valence-electron chi connectivity index (χ4n) is 2.06. The molecule has 1 aromatic carbocycles. The van der Waals surface area contributed by atoms with E-state index in [4.69, 9.17) is 11.6 Å². The largest absolute Gasteiger partial charge is 0.342 e. The smallest absolute Gasteiger partial charge is 0.107 e.